The van der Waals surface area contributed by atoms with Gasteiger partial charge in [-0.25, -0.2) is 0 Å². The Morgan fingerprint density at radius 2 is 2.14 bits per heavy atom. The van der Waals surface area contributed by atoms with Gasteiger partial charge >= 0.3 is 0 Å². The Morgan fingerprint density at radius 1 is 1.43 bits per heavy atom. The molecule has 0 N–H and O–H groups in total. The zero-order valence-corrected chi connectivity index (χ0v) is 8.99. The van der Waals surface area contributed by atoms with Crippen molar-refractivity contribution in [3.63, 3.8) is 0 Å². The standard InChI is InChI=1S/C10H19NO3/c1-11-4-3-10(13-5-6-14-10)7-9(11)8-12-2/h9H,3-8H2,1-2H3. The highest BCUT2D eigenvalue weighted by Crippen LogP contribution is 2.33. The van der Waals surface area contributed by atoms with Gasteiger partial charge in [-0.2, -0.15) is 0 Å². The van der Waals surface area contributed by atoms with Gasteiger partial charge in [-0.15, -0.1) is 0 Å². The van der Waals surface area contributed by atoms with Crippen molar-refractivity contribution >= 4 is 0 Å². The first-order valence-corrected chi connectivity index (χ1v) is 5.23. The van der Waals surface area contributed by atoms with Crippen LogP contribution in [-0.2, 0) is 14.2 Å². The van der Waals surface area contributed by atoms with Crippen LogP contribution < -0.4 is 0 Å². The lowest BCUT2D eigenvalue weighted by Gasteiger charge is -2.41. The predicted octanol–water partition coefficient (Wildman–Crippen LogP) is 0.470. The van der Waals surface area contributed by atoms with Gasteiger partial charge in [-0.05, 0) is 7.05 Å². The lowest BCUT2D eigenvalue weighted by atomic mass is 9.97. The van der Waals surface area contributed by atoms with E-state index < -0.39 is 0 Å². The quantitative estimate of drug-likeness (QED) is 0.650. The molecule has 0 saturated carbocycles. The monoisotopic (exact) mass is 201 g/mol. The number of piperidine rings is 1. The molecular formula is C10H19NO3. The van der Waals surface area contributed by atoms with Crippen LogP contribution in [0.5, 0.6) is 0 Å². The summed E-state index contributed by atoms with van der Waals surface area (Å²) >= 11 is 0. The highest BCUT2D eigenvalue weighted by molar-refractivity contribution is 4.88. The third kappa shape index (κ3) is 1.93. The number of methoxy groups -OCH3 is 1. The number of likely N-dealkylation sites (N-methyl/N-ethyl adjacent to an activating group) is 1. The van der Waals surface area contributed by atoms with Gasteiger partial charge in [0.15, 0.2) is 5.79 Å². The molecule has 2 saturated heterocycles. The number of likely N-dealkylation sites (tertiary alicyclic amines) is 1. The topological polar surface area (TPSA) is 30.9 Å². The summed E-state index contributed by atoms with van der Waals surface area (Å²) in [5.74, 6) is -0.296. The van der Waals surface area contributed by atoms with Crippen molar-refractivity contribution in [3.05, 3.63) is 0 Å². The van der Waals surface area contributed by atoms with Gasteiger partial charge in [0.25, 0.3) is 0 Å². The molecule has 0 radical (unpaired) electrons. The summed E-state index contributed by atoms with van der Waals surface area (Å²) in [6, 6.07) is 0.423. The highest BCUT2D eigenvalue weighted by atomic mass is 16.7. The molecule has 0 amide bonds. The second kappa shape index (κ2) is 4.14. The smallest absolute Gasteiger partial charge is 0.171 e. The maximum atomic E-state index is 5.70. The Kier molecular flexibility index (Phi) is 3.07. The zero-order valence-electron chi connectivity index (χ0n) is 8.99. The van der Waals surface area contributed by atoms with Gasteiger partial charge in [-0.1, -0.05) is 0 Å². The number of rotatable bonds is 2. The minimum Gasteiger partial charge on any atom is -0.383 e. The highest BCUT2D eigenvalue weighted by Gasteiger charge is 2.43. The van der Waals surface area contributed by atoms with Crippen molar-refractivity contribution in [1.29, 1.82) is 0 Å². The first-order chi connectivity index (χ1) is 6.76. The van der Waals surface area contributed by atoms with E-state index in [0.29, 0.717) is 6.04 Å². The van der Waals surface area contributed by atoms with E-state index in [0.717, 1.165) is 39.2 Å². The van der Waals surface area contributed by atoms with E-state index in [1.807, 2.05) is 0 Å². The second-order valence-electron chi connectivity index (χ2n) is 4.15. The molecule has 1 spiro atoms. The van der Waals surface area contributed by atoms with E-state index >= 15 is 0 Å². The van der Waals surface area contributed by atoms with Gasteiger partial charge in [0, 0.05) is 32.5 Å². The molecule has 2 rings (SSSR count). The fourth-order valence-electron chi connectivity index (χ4n) is 2.28. The molecule has 1 atom stereocenters. The van der Waals surface area contributed by atoms with E-state index in [9.17, 15) is 0 Å². The fraction of sp³-hybridized carbons (Fsp3) is 1.00. The second-order valence-corrected chi connectivity index (χ2v) is 4.15. The lowest BCUT2D eigenvalue weighted by Crippen LogP contribution is -2.51. The Balaban J connectivity index is 1.97. The van der Waals surface area contributed by atoms with E-state index in [-0.39, 0.29) is 5.79 Å². The van der Waals surface area contributed by atoms with Gasteiger partial charge in [-0.3, -0.25) is 0 Å². The number of hydrogen-bond acceptors (Lipinski definition) is 4. The van der Waals surface area contributed by atoms with Gasteiger partial charge < -0.3 is 19.1 Å². The average Bonchev–Trinajstić information content (AvgIpc) is 2.61. The van der Waals surface area contributed by atoms with Crippen molar-refractivity contribution in [3.8, 4) is 0 Å². The first kappa shape index (κ1) is 10.4. The molecule has 4 heteroatoms. The van der Waals surface area contributed by atoms with Crippen LogP contribution in [0, 0.1) is 0 Å². The molecule has 0 aliphatic carbocycles. The summed E-state index contributed by atoms with van der Waals surface area (Å²) in [5, 5.41) is 0. The van der Waals surface area contributed by atoms with Gasteiger partial charge in [0.1, 0.15) is 0 Å². The van der Waals surface area contributed by atoms with Crippen LogP contribution in [0.15, 0.2) is 0 Å². The maximum absolute atomic E-state index is 5.70. The zero-order chi connectivity index (χ0) is 10.0. The Labute approximate surface area is 85.1 Å². The van der Waals surface area contributed by atoms with Crippen molar-refractivity contribution in [1.82, 2.24) is 4.90 Å². The largest absolute Gasteiger partial charge is 0.383 e. The predicted molar refractivity (Wildman–Crippen MR) is 52.2 cm³/mol. The molecule has 0 aromatic carbocycles. The summed E-state index contributed by atoms with van der Waals surface area (Å²) in [4.78, 5) is 2.32. The Morgan fingerprint density at radius 3 is 2.79 bits per heavy atom. The summed E-state index contributed by atoms with van der Waals surface area (Å²) in [6.07, 6.45) is 1.90. The van der Waals surface area contributed by atoms with E-state index in [2.05, 4.69) is 11.9 Å². The lowest BCUT2D eigenvalue weighted by molar-refractivity contribution is -0.198. The summed E-state index contributed by atoms with van der Waals surface area (Å²) in [6.45, 7) is 3.26. The Bertz CT molecular complexity index is 192. The SMILES string of the molecule is COCC1CC2(CCN1C)OCCO2. The van der Waals surface area contributed by atoms with Crippen LogP contribution in [0.2, 0.25) is 0 Å². The molecule has 2 aliphatic heterocycles. The molecule has 1 unspecified atom stereocenters. The maximum Gasteiger partial charge on any atom is 0.171 e. The normalized spacial score (nSPS) is 32.6. The van der Waals surface area contributed by atoms with Gasteiger partial charge in [0.05, 0.1) is 19.8 Å². The van der Waals surface area contributed by atoms with Crippen LogP contribution in [0.4, 0.5) is 0 Å². The first-order valence-electron chi connectivity index (χ1n) is 5.23. The van der Waals surface area contributed by atoms with Crippen LogP contribution in [0.25, 0.3) is 0 Å². The molecule has 0 bridgehead atoms. The molecule has 0 aromatic heterocycles. The molecule has 0 aromatic rings. The third-order valence-electron chi connectivity index (χ3n) is 3.19. The minimum atomic E-state index is -0.296. The summed E-state index contributed by atoms with van der Waals surface area (Å²) < 4.78 is 16.6. The minimum absolute atomic E-state index is 0.296. The van der Waals surface area contributed by atoms with Crippen molar-refractivity contribution in [2.45, 2.75) is 24.7 Å². The van der Waals surface area contributed by atoms with Crippen LogP contribution in [-0.4, -0.2) is 57.3 Å². The van der Waals surface area contributed by atoms with E-state index in [1.165, 1.54) is 0 Å². The molecule has 2 fully saturated rings. The average molecular weight is 201 g/mol. The van der Waals surface area contributed by atoms with E-state index in [4.69, 9.17) is 14.2 Å². The molecule has 2 aliphatic rings. The summed E-state index contributed by atoms with van der Waals surface area (Å²) in [7, 11) is 3.87. The molecule has 82 valence electrons. The van der Waals surface area contributed by atoms with Crippen molar-refractivity contribution < 1.29 is 14.2 Å². The number of hydrogen-bond donors (Lipinski definition) is 0. The van der Waals surface area contributed by atoms with Crippen molar-refractivity contribution in [2.75, 3.05) is 40.5 Å². The molecule has 2 heterocycles. The van der Waals surface area contributed by atoms with Crippen molar-refractivity contribution in [2.24, 2.45) is 0 Å². The van der Waals surface area contributed by atoms with Crippen LogP contribution >= 0.6 is 0 Å². The number of nitrogens with zero attached hydrogens (tertiary/aromatic N) is 1. The fourth-order valence-corrected chi connectivity index (χ4v) is 2.28. The molecule has 4 nitrogen and oxygen atoms in total. The summed E-state index contributed by atoms with van der Waals surface area (Å²) in [5.41, 5.74) is 0. The van der Waals surface area contributed by atoms with Crippen LogP contribution in [0.1, 0.15) is 12.8 Å². The number of ether oxygens (including phenoxy) is 3. The molecule has 14 heavy (non-hydrogen) atoms. The third-order valence-corrected chi connectivity index (χ3v) is 3.19. The van der Waals surface area contributed by atoms with E-state index in [1.54, 1.807) is 7.11 Å². The van der Waals surface area contributed by atoms with Gasteiger partial charge in [0.2, 0.25) is 0 Å². The molecular weight excluding hydrogens is 182 g/mol. The Hall–Kier alpha value is -0.160. The van der Waals surface area contributed by atoms with Crippen LogP contribution in [0.3, 0.4) is 0 Å².